The Kier molecular flexibility index (Phi) is 54.4. The van der Waals surface area contributed by atoms with Gasteiger partial charge >= 0.3 is 17.9 Å². The fraction of sp³-hybridized carbons (Fsp3) is 0.672. The number of hydrogen-bond donors (Lipinski definition) is 0. The summed E-state index contributed by atoms with van der Waals surface area (Å²) in [6, 6.07) is 0. The lowest BCUT2D eigenvalue weighted by molar-refractivity contribution is -0.167. The predicted molar refractivity (Wildman–Crippen MR) is 302 cm³/mol. The van der Waals surface area contributed by atoms with E-state index in [-0.39, 0.29) is 31.1 Å². The van der Waals surface area contributed by atoms with E-state index in [1.54, 1.807) is 0 Å². The Morgan fingerprint density at radius 3 is 0.957 bits per heavy atom. The first-order valence-corrected chi connectivity index (χ1v) is 28.9. The van der Waals surface area contributed by atoms with Crippen molar-refractivity contribution in [1.82, 2.24) is 0 Å². The van der Waals surface area contributed by atoms with Crippen LogP contribution >= 0.6 is 0 Å². The topological polar surface area (TPSA) is 78.9 Å². The molecule has 6 heteroatoms. The minimum absolute atomic E-state index is 0.0961. The van der Waals surface area contributed by atoms with Gasteiger partial charge in [0, 0.05) is 19.3 Å². The van der Waals surface area contributed by atoms with E-state index in [2.05, 4.69) is 130 Å². The second kappa shape index (κ2) is 57.6. The zero-order valence-electron chi connectivity index (χ0n) is 45.5. The van der Waals surface area contributed by atoms with Gasteiger partial charge < -0.3 is 14.2 Å². The molecular weight excluding hydrogens is 865 g/mol. The first-order valence-electron chi connectivity index (χ1n) is 28.9. The molecule has 0 saturated carbocycles. The quantitative estimate of drug-likeness (QED) is 0.0262. The Bertz CT molecular complexity index is 1440. The molecule has 1 atom stereocenters. The first kappa shape index (κ1) is 66.1. The van der Waals surface area contributed by atoms with Gasteiger partial charge in [0.05, 0.1) is 0 Å². The van der Waals surface area contributed by atoms with Crippen molar-refractivity contribution in [1.29, 1.82) is 0 Å². The summed E-state index contributed by atoms with van der Waals surface area (Å²) in [6.45, 7) is 6.42. The van der Waals surface area contributed by atoms with Gasteiger partial charge in [-0.1, -0.05) is 226 Å². The van der Waals surface area contributed by atoms with Crippen molar-refractivity contribution in [3.05, 3.63) is 109 Å². The van der Waals surface area contributed by atoms with Gasteiger partial charge in [-0.3, -0.25) is 14.4 Å². The van der Waals surface area contributed by atoms with Crippen LogP contribution in [0.25, 0.3) is 0 Å². The Morgan fingerprint density at radius 1 is 0.300 bits per heavy atom. The summed E-state index contributed by atoms with van der Waals surface area (Å²) in [5, 5.41) is 0. The van der Waals surface area contributed by atoms with Gasteiger partial charge in [0.2, 0.25) is 0 Å². The summed E-state index contributed by atoms with van der Waals surface area (Å²) in [5.74, 6) is -0.945. The number of rotatable bonds is 51. The third-order valence-electron chi connectivity index (χ3n) is 12.0. The maximum Gasteiger partial charge on any atom is 0.306 e. The maximum atomic E-state index is 12.8. The standard InChI is InChI=1S/C64H106O6/c1-4-7-10-13-16-19-22-24-26-28-29-30-31-32-33-34-35-37-38-40-42-45-48-51-54-57-63(66)69-60-61(59-68-62(65)56-53-50-47-44-21-18-15-12-9-6-3)70-64(67)58-55-52-49-46-43-41-39-36-27-25-23-20-17-14-11-8-5-2/h7,10,12,15-16,19,24-27,29-30,32-33,35,37,40,42,61H,4-6,8-9,11,13-14,17-18,20-23,28,31,34,36,38-39,41,43-60H2,1-3H3/b10-7-,15-12-,19-16-,26-24-,27-25-,30-29-,33-32-,37-35-,42-40-. The molecule has 0 aliphatic heterocycles. The van der Waals surface area contributed by atoms with Crippen molar-refractivity contribution in [2.24, 2.45) is 0 Å². The van der Waals surface area contributed by atoms with Crippen LogP contribution in [0.15, 0.2) is 109 Å². The largest absolute Gasteiger partial charge is 0.462 e. The zero-order valence-corrected chi connectivity index (χ0v) is 45.5. The molecule has 0 bridgehead atoms. The molecule has 0 fully saturated rings. The predicted octanol–water partition coefficient (Wildman–Crippen LogP) is 19.5. The average Bonchev–Trinajstić information content (AvgIpc) is 3.36. The van der Waals surface area contributed by atoms with Crippen LogP contribution in [0, 0.1) is 0 Å². The highest BCUT2D eigenvalue weighted by molar-refractivity contribution is 5.71. The van der Waals surface area contributed by atoms with Crippen molar-refractivity contribution in [3.8, 4) is 0 Å². The van der Waals surface area contributed by atoms with Crippen molar-refractivity contribution >= 4 is 17.9 Å². The van der Waals surface area contributed by atoms with Gasteiger partial charge in [-0.25, -0.2) is 0 Å². The van der Waals surface area contributed by atoms with Gasteiger partial charge in [-0.2, -0.15) is 0 Å². The van der Waals surface area contributed by atoms with E-state index >= 15 is 0 Å². The maximum absolute atomic E-state index is 12.8. The minimum atomic E-state index is -0.799. The third-order valence-corrected chi connectivity index (χ3v) is 12.0. The zero-order chi connectivity index (χ0) is 50.7. The van der Waals surface area contributed by atoms with Crippen LogP contribution in [-0.4, -0.2) is 37.2 Å². The van der Waals surface area contributed by atoms with Crippen LogP contribution < -0.4 is 0 Å². The molecule has 1 unspecified atom stereocenters. The van der Waals surface area contributed by atoms with E-state index in [9.17, 15) is 14.4 Å². The SMILES string of the molecule is CC/C=C\C/C=C\C/C=C\C/C=C\C/C=C\C/C=C\C/C=C\CCCCCC(=O)OCC(COC(=O)CCCCCCC/C=C\CCC)OC(=O)CCCCCCCCC/C=C\CCCCCCCC. The lowest BCUT2D eigenvalue weighted by Crippen LogP contribution is -2.30. The van der Waals surface area contributed by atoms with Gasteiger partial charge in [-0.15, -0.1) is 0 Å². The molecule has 398 valence electrons. The summed E-state index contributed by atoms with van der Waals surface area (Å²) >= 11 is 0. The molecule has 0 aromatic carbocycles. The summed E-state index contributed by atoms with van der Waals surface area (Å²) in [7, 11) is 0. The number of ether oxygens (including phenoxy) is 3. The lowest BCUT2D eigenvalue weighted by atomic mass is 10.1. The number of carbonyl (C=O) groups is 3. The van der Waals surface area contributed by atoms with Crippen LogP contribution in [0.3, 0.4) is 0 Å². The van der Waals surface area contributed by atoms with Gasteiger partial charge in [0.1, 0.15) is 13.2 Å². The highest BCUT2D eigenvalue weighted by atomic mass is 16.6. The van der Waals surface area contributed by atoms with Crippen LogP contribution in [0.4, 0.5) is 0 Å². The van der Waals surface area contributed by atoms with Gasteiger partial charge in [-0.05, 0) is 122 Å². The fourth-order valence-electron chi connectivity index (χ4n) is 7.65. The summed E-state index contributed by atoms with van der Waals surface area (Å²) in [4.78, 5) is 38.1. The number of hydrogen-bond acceptors (Lipinski definition) is 6. The van der Waals surface area contributed by atoms with Crippen molar-refractivity contribution in [3.63, 3.8) is 0 Å². The Morgan fingerprint density at radius 2 is 0.586 bits per heavy atom. The van der Waals surface area contributed by atoms with Gasteiger partial charge in [0.15, 0.2) is 6.10 Å². The average molecular weight is 972 g/mol. The molecule has 0 saturated heterocycles. The smallest absolute Gasteiger partial charge is 0.306 e. The summed E-state index contributed by atoms with van der Waals surface area (Å²) in [5.41, 5.74) is 0. The lowest BCUT2D eigenvalue weighted by Gasteiger charge is -2.18. The third kappa shape index (κ3) is 55.0. The molecule has 70 heavy (non-hydrogen) atoms. The van der Waals surface area contributed by atoms with Gasteiger partial charge in [0.25, 0.3) is 0 Å². The number of esters is 3. The monoisotopic (exact) mass is 971 g/mol. The molecule has 0 aliphatic carbocycles. The van der Waals surface area contributed by atoms with Crippen LogP contribution in [0.1, 0.15) is 258 Å². The molecule has 0 amide bonds. The molecule has 0 aliphatic rings. The van der Waals surface area contributed by atoms with Crippen LogP contribution in [0.5, 0.6) is 0 Å². The number of carbonyl (C=O) groups excluding carboxylic acids is 3. The second-order valence-electron chi connectivity index (χ2n) is 18.8. The summed E-state index contributed by atoms with van der Waals surface area (Å²) in [6.07, 6.45) is 78.0. The van der Waals surface area contributed by atoms with E-state index < -0.39 is 6.10 Å². The number of allylic oxidation sites excluding steroid dienone is 18. The van der Waals surface area contributed by atoms with E-state index in [4.69, 9.17) is 14.2 Å². The Labute approximate surface area is 431 Å². The highest BCUT2D eigenvalue weighted by Gasteiger charge is 2.19. The van der Waals surface area contributed by atoms with Crippen molar-refractivity contribution in [2.45, 2.75) is 264 Å². The van der Waals surface area contributed by atoms with Crippen LogP contribution in [0.2, 0.25) is 0 Å². The minimum Gasteiger partial charge on any atom is -0.462 e. The summed E-state index contributed by atoms with van der Waals surface area (Å²) < 4.78 is 16.8. The highest BCUT2D eigenvalue weighted by Crippen LogP contribution is 2.14. The molecule has 0 rings (SSSR count). The van der Waals surface area contributed by atoms with E-state index in [0.717, 1.165) is 128 Å². The molecular formula is C64H106O6. The van der Waals surface area contributed by atoms with Crippen molar-refractivity contribution in [2.75, 3.05) is 13.2 Å². The molecule has 0 aromatic rings. The normalized spacial score (nSPS) is 12.9. The van der Waals surface area contributed by atoms with E-state index in [0.29, 0.717) is 19.3 Å². The Hall–Kier alpha value is -3.93. The van der Waals surface area contributed by atoms with E-state index in [1.165, 1.54) is 89.9 Å². The molecule has 6 nitrogen and oxygen atoms in total. The van der Waals surface area contributed by atoms with E-state index in [1.807, 2.05) is 0 Å². The molecule has 0 radical (unpaired) electrons. The number of unbranched alkanes of at least 4 members (excludes halogenated alkanes) is 22. The first-order chi connectivity index (χ1) is 34.5. The molecule has 0 heterocycles. The molecule has 0 spiro atoms. The second-order valence-corrected chi connectivity index (χ2v) is 18.8. The fourth-order valence-corrected chi connectivity index (χ4v) is 7.65. The Balaban J connectivity index is 4.38. The van der Waals surface area contributed by atoms with Crippen molar-refractivity contribution < 1.29 is 28.6 Å². The molecule has 0 aromatic heterocycles. The molecule has 0 N–H and O–H groups in total. The van der Waals surface area contributed by atoms with Crippen LogP contribution in [-0.2, 0) is 28.6 Å².